The van der Waals surface area contributed by atoms with E-state index in [9.17, 15) is 0 Å². The van der Waals surface area contributed by atoms with Crippen LogP contribution in [-0.4, -0.2) is 38.6 Å². The van der Waals surface area contributed by atoms with Gasteiger partial charge in [0.2, 0.25) is 0 Å². The van der Waals surface area contributed by atoms with Crippen molar-refractivity contribution >= 4 is 22.9 Å². The molecule has 1 atom stereocenters. The molecule has 2 aliphatic rings. The van der Waals surface area contributed by atoms with Gasteiger partial charge in [0.1, 0.15) is 11.3 Å². The van der Waals surface area contributed by atoms with Crippen molar-refractivity contribution in [3.63, 3.8) is 0 Å². The van der Waals surface area contributed by atoms with Crippen molar-refractivity contribution in [3.8, 4) is 0 Å². The predicted octanol–water partition coefficient (Wildman–Crippen LogP) is 3.18. The molecule has 4 rings (SSSR count). The van der Waals surface area contributed by atoms with Crippen molar-refractivity contribution in [2.24, 2.45) is 0 Å². The molecule has 22 heavy (non-hydrogen) atoms. The molecule has 5 heteroatoms. The molecule has 4 nitrogen and oxygen atoms in total. The van der Waals surface area contributed by atoms with Crippen LogP contribution in [0.25, 0.3) is 11.2 Å². The number of nitrogens with zero attached hydrogens (tertiary/aromatic N) is 3. The Bertz CT molecular complexity index is 627. The van der Waals surface area contributed by atoms with E-state index in [4.69, 9.17) is 4.98 Å². The Labute approximate surface area is 136 Å². The smallest absolute Gasteiger partial charge is 0.160 e. The fraction of sp³-hybridized carbons (Fsp3) is 0.647. The van der Waals surface area contributed by atoms with Crippen molar-refractivity contribution in [2.45, 2.75) is 49.8 Å². The number of hydrogen-bond donors (Lipinski definition) is 1. The lowest BCUT2D eigenvalue weighted by Crippen LogP contribution is -2.29. The van der Waals surface area contributed by atoms with Gasteiger partial charge in [0.05, 0.1) is 0 Å². The Morgan fingerprint density at radius 3 is 2.95 bits per heavy atom. The largest absolute Gasteiger partial charge is 0.317 e. The lowest BCUT2D eigenvalue weighted by Gasteiger charge is -2.26. The van der Waals surface area contributed by atoms with Crippen molar-refractivity contribution in [1.82, 2.24) is 19.9 Å². The Balaban J connectivity index is 1.69. The summed E-state index contributed by atoms with van der Waals surface area (Å²) in [6, 6.07) is 4.11. The zero-order valence-electron chi connectivity index (χ0n) is 13.0. The molecule has 0 saturated carbocycles. The SMILES string of the molecule is c1cnc2c(c1)nc(C1CCNCC1)n2CC1CCCCS1. The average molecular weight is 316 g/mol. The van der Waals surface area contributed by atoms with Crippen molar-refractivity contribution in [1.29, 1.82) is 0 Å². The van der Waals surface area contributed by atoms with Gasteiger partial charge in [-0.3, -0.25) is 0 Å². The summed E-state index contributed by atoms with van der Waals surface area (Å²) >= 11 is 2.14. The quantitative estimate of drug-likeness (QED) is 0.944. The number of aromatic nitrogens is 3. The second kappa shape index (κ2) is 6.59. The molecule has 2 aromatic rings. The fourth-order valence-corrected chi connectivity index (χ4v) is 4.99. The summed E-state index contributed by atoms with van der Waals surface area (Å²) in [7, 11) is 0. The molecule has 118 valence electrons. The molecule has 0 spiro atoms. The minimum Gasteiger partial charge on any atom is -0.317 e. The maximum absolute atomic E-state index is 4.97. The average Bonchev–Trinajstić information content (AvgIpc) is 2.95. The number of nitrogens with one attached hydrogen (secondary N) is 1. The molecule has 2 fully saturated rings. The number of imidazole rings is 1. The van der Waals surface area contributed by atoms with E-state index in [1.807, 2.05) is 12.3 Å². The molecule has 0 amide bonds. The number of hydrogen-bond acceptors (Lipinski definition) is 4. The van der Waals surface area contributed by atoms with E-state index < -0.39 is 0 Å². The predicted molar refractivity (Wildman–Crippen MR) is 92.5 cm³/mol. The topological polar surface area (TPSA) is 42.7 Å². The van der Waals surface area contributed by atoms with Gasteiger partial charge in [-0.2, -0.15) is 11.8 Å². The minimum atomic E-state index is 0.587. The lowest BCUT2D eigenvalue weighted by molar-refractivity contribution is 0.428. The maximum atomic E-state index is 4.97. The van der Waals surface area contributed by atoms with Gasteiger partial charge in [0.15, 0.2) is 5.65 Å². The molecule has 0 aromatic carbocycles. The highest BCUT2D eigenvalue weighted by atomic mass is 32.2. The fourth-order valence-electron chi connectivity index (χ4n) is 3.70. The Hall–Kier alpha value is -1.07. The molecule has 2 aromatic heterocycles. The summed E-state index contributed by atoms with van der Waals surface area (Å²) < 4.78 is 2.44. The third kappa shape index (κ3) is 2.88. The van der Waals surface area contributed by atoms with Crippen LogP contribution in [0.3, 0.4) is 0 Å². The highest BCUT2D eigenvalue weighted by molar-refractivity contribution is 7.99. The van der Waals surface area contributed by atoms with Gasteiger partial charge in [-0.05, 0) is 56.7 Å². The van der Waals surface area contributed by atoms with Crippen molar-refractivity contribution in [3.05, 3.63) is 24.2 Å². The Morgan fingerprint density at radius 2 is 2.14 bits per heavy atom. The van der Waals surface area contributed by atoms with E-state index in [1.165, 1.54) is 43.7 Å². The van der Waals surface area contributed by atoms with Gasteiger partial charge in [0, 0.05) is 23.9 Å². The standard InChI is InChI=1S/C17H24N4S/c1-2-11-22-14(4-1)12-21-16(13-6-9-18-10-7-13)20-15-5-3-8-19-17(15)21/h3,5,8,13-14,18H,1-2,4,6-7,9-12H2. The third-order valence-electron chi connectivity index (χ3n) is 4.90. The van der Waals surface area contributed by atoms with E-state index in [0.29, 0.717) is 5.92 Å². The van der Waals surface area contributed by atoms with E-state index in [0.717, 1.165) is 36.0 Å². The summed E-state index contributed by atoms with van der Waals surface area (Å²) in [6.07, 6.45) is 8.39. The first kappa shape index (κ1) is 14.5. The third-order valence-corrected chi connectivity index (χ3v) is 6.28. The van der Waals surface area contributed by atoms with Crippen LogP contribution >= 0.6 is 11.8 Å². The summed E-state index contributed by atoms with van der Waals surface area (Å²) in [5, 5.41) is 4.19. The van der Waals surface area contributed by atoms with Crippen LogP contribution in [0.5, 0.6) is 0 Å². The highest BCUT2D eigenvalue weighted by Gasteiger charge is 2.25. The normalized spacial score (nSPS) is 23.9. The van der Waals surface area contributed by atoms with Gasteiger partial charge in [-0.25, -0.2) is 9.97 Å². The molecule has 2 aliphatic heterocycles. The first-order valence-electron chi connectivity index (χ1n) is 8.55. The zero-order valence-corrected chi connectivity index (χ0v) is 13.8. The van der Waals surface area contributed by atoms with E-state index in [2.05, 4.69) is 32.7 Å². The van der Waals surface area contributed by atoms with Crippen LogP contribution in [0.2, 0.25) is 0 Å². The van der Waals surface area contributed by atoms with Crippen LogP contribution in [0.15, 0.2) is 18.3 Å². The molecule has 2 saturated heterocycles. The molecular weight excluding hydrogens is 292 g/mol. The molecule has 1 unspecified atom stereocenters. The Morgan fingerprint density at radius 1 is 1.23 bits per heavy atom. The maximum Gasteiger partial charge on any atom is 0.160 e. The van der Waals surface area contributed by atoms with Crippen LogP contribution in [0.4, 0.5) is 0 Å². The van der Waals surface area contributed by atoms with Crippen LogP contribution in [0, 0.1) is 0 Å². The highest BCUT2D eigenvalue weighted by Crippen LogP contribution is 2.31. The van der Waals surface area contributed by atoms with Gasteiger partial charge in [-0.1, -0.05) is 6.42 Å². The zero-order chi connectivity index (χ0) is 14.8. The number of thioether (sulfide) groups is 1. The van der Waals surface area contributed by atoms with E-state index >= 15 is 0 Å². The first-order valence-corrected chi connectivity index (χ1v) is 9.60. The summed E-state index contributed by atoms with van der Waals surface area (Å²) in [4.78, 5) is 9.60. The van der Waals surface area contributed by atoms with Crippen LogP contribution in [0.1, 0.15) is 43.8 Å². The van der Waals surface area contributed by atoms with Crippen molar-refractivity contribution in [2.75, 3.05) is 18.8 Å². The second-order valence-electron chi connectivity index (χ2n) is 6.44. The summed E-state index contributed by atoms with van der Waals surface area (Å²) in [6.45, 7) is 3.30. The molecule has 0 aliphatic carbocycles. The van der Waals surface area contributed by atoms with Crippen LogP contribution in [-0.2, 0) is 6.54 Å². The van der Waals surface area contributed by atoms with Crippen LogP contribution < -0.4 is 5.32 Å². The molecule has 1 N–H and O–H groups in total. The first-order chi connectivity index (χ1) is 10.9. The molecule has 4 heterocycles. The molecule has 0 radical (unpaired) electrons. The van der Waals surface area contributed by atoms with E-state index in [1.54, 1.807) is 0 Å². The minimum absolute atomic E-state index is 0.587. The molecule has 0 bridgehead atoms. The number of piperidine rings is 1. The number of pyridine rings is 1. The van der Waals surface area contributed by atoms with Gasteiger partial charge in [-0.15, -0.1) is 0 Å². The van der Waals surface area contributed by atoms with Gasteiger partial charge >= 0.3 is 0 Å². The number of rotatable bonds is 3. The van der Waals surface area contributed by atoms with Crippen molar-refractivity contribution < 1.29 is 0 Å². The lowest BCUT2D eigenvalue weighted by atomic mass is 9.97. The Kier molecular flexibility index (Phi) is 4.35. The monoisotopic (exact) mass is 316 g/mol. The van der Waals surface area contributed by atoms with Gasteiger partial charge in [0.25, 0.3) is 0 Å². The van der Waals surface area contributed by atoms with E-state index in [-0.39, 0.29) is 0 Å². The second-order valence-corrected chi connectivity index (χ2v) is 7.85. The number of fused-ring (bicyclic) bond motifs is 1. The summed E-state index contributed by atoms with van der Waals surface area (Å²) in [5.41, 5.74) is 2.15. The summed E-state index contributed by atoms with van der Waals surface area (Å²) in [5.74, 6) is 3.18. The van der Waals surface area contributed by atoms with Gasteiger partial charge < -0.3 is 9.88 Å². The molecular formula is C17H24N4S.